The fourth-order valence-electron chi connectivity index (χ4n) is 2.22. The molecule has 7 nitrogen and oxygen atoms in total. The van der Waals surface area contributed by atoms with E-state index in [1.165, 1.54) is 5.01 Å². The molecule has 0 spiro atoms. The molecule has 1 aliphatic rings. The molecule has 0 saturated carbocycles. The van der Waals surface area contributed by atoms with Crippen LogP contribution in [0.3, 0.4) is 0 Å². The second-order valence-corrected chi connectivity index (χ2v) is 6.62. The van der Waals surface area contributed by atoms with Crippen molar-refractivity contribution < 1.29 is 9.59 Å². The van der Waals surface area contributed by atoms with Gasteiger partial charge in [0.25, 0.3) is 5.91 Å². The zero-order chi connectivity index (χ0) is 16.3. The molecule has 2 amide bonds. The van der Waals surface area contributed by atoms with Gasteiger partial charge < -0.3 is 9.88 Å². The summed E-state index contributed by atoms with van der Waals surface area (Å²) in [6.45, 7) is 6.87. The van der Waals surface area contributed by atoms with Gasteiger partial charge in [-0.25, -0.2) is 9.99 Å². The molecule has 0 saturated heterocycles. The normalized spacial score (nSPS) is 17.2. The van der Waals surface area contributed by atoms with Crippen molar-refractivity contribution in [2.75, 3.05) is 7.05 Å². The van der Waals surface area contributed by atoms with Gasteiger partial charge in [-0.15, -0.1) is 0 Å². The monoisotopic (exact) mass is 305 g/mol. The second-order valence-electron chi connectivity index (χ2n) is 6.62. The second kappa shape index (κ2) is 6.29. The molecule has 1 aromatic heterocycles. The maximum Gasteiger partial charge on any atom is 0.267 e. The van der Waals surface area contributed by atoms with Gasteiger partial charge in [-0.05, 0) is 5.41 Å². The Labute approximate surface area is 130 Å². The van der Waals surface area contributed by atoms with Gasteiger partial charge in [-0.1, -0.05) is 20.8 Å². The molecule has 1 aliphatic heterocycles. The number of carbonyl (C=O) groups excluding carboxylic acids is 2. The number of hydrogen-bond acceptors (Lipinski definition) is 4. The summed E-state index contributed by atoms with van der Waals surface area (Å²) in [6.07, 6.45) is 6.03. The highest BCUT2D eigenvalue weighted by Gasteiger charge is 2.29. The first-order chi connectivity index (χ1) is 10.3. The number of imidazole rings is 1. The number of rotatable bonds is 4. The van der Waals surface area contributed by atoms with Crippen molar-refractivity contribution in [1.29, 1.82) is 0 Å². The third kappa shape index (κ3) is 3.93. The average Bonchev–Trinajstić information content (AvgIpc) is 2.93. The first kappa shape index (κ1) is 16.2. The number of nitrogens with one attached hydrogen (secondary N) is 1. The van der Waals surface area contributed by atoms with Gasteiger partial charge in [0.2, 0.25) is 5.91 Å². The van der Waals surface area contributed by atoms with Crippen LogP contribution in [-0.4, -0.2) is 45.2 Å². The van der Waals surface area contributed by atoms with Crippen LogP contribution >= 0.6 is 0 Å². The standard InChI is InChI=1S/C15H23N5O2/c1-15(2,3)12(9-20-8-7-16-10-20)17-14(22)11-5-6-13(21)19(4)18-11/h7-8,10,12H,5-6,9H2,1-4H3,(H,17,22)/t12-/m0/s1. The van der Waals surface area contributed by atoms with Crippen molar-refractivity contribution in [2.45, 2.75) is 46.2 Å². The summed E-state index contributed by atoms with van der Waals surface area (Å²) >= 11 is 0. The van der Waals surface area contributed by atoms with E-state index in [2.05, 4.69) is 36.2 Å². The maximum absolute atomic E-state index is 12.4. The minimum absolute atomic E-state index is 0.0673. The van der Waals surface area contributed by atoms with E-state index in [4.69, 9.17) is 0 Å². The lowest BCUT2D eigenvalue weighted by molar-refractivity contribution is -0.130. The number of carbonyl (C=O) groups is 2. The Balaban J connectivity index is 2.08. The van der Waals surface area contributed by atoms with Crippen molar-refractivity contribution in [1.82, 2.24) is 19.9 Å². The molecular weight excluding hydrogens is 282 g/mol. The number of hydrogen-bond donors (Lipinski definition) is 1. The number of hydrazone groups is 1. The quantitative estimate of drug-likeness (QED) is 0.902. The van der Waals surface area contributed by atoms with Crippen LogP contribution < -0.4 is 5.32 Å². The molecular formula is C15H23N5O2. The largest absolute Gasteiger partial charge is 0.346 e. The zero-order valence-electron chi connectivity index (χ0n) is 13.5. The fourth-order valence-corrected chi connectivity index (χ4v) is 2.22. The molecule has 22 heavy (non-hydrogen) atoms. The molecule has 7 heteroatoms. The Bertz CT molecular complexity index is 571. The van der Waals surface area contributed by atoms with E-state index in [9.17, 15) is 9.59 Å². The van der Waals surface area contributed by atoms with Crippen LogP contribution in [0.5, 0.6) is 0 Å². The Morgan fingerprint density at radius 3 is 2.68 bits per heavy atom. The predicted octanol–water partition coefficient (Wildman–Crippen LogP) is 1.02. The van der Waals surface area contributed by atoms with Crippen LogP contribution in [0.25, 0.3) is 0 Å². The maximum atomic E-state index is 12.4. The van der Waals surface area contributed by atoms with Crippen LogP contribution in [0.1, 0.15) is 33.6 Å². The average molecular weight is 305 g/mol. The lowest BCUT2D eigenvalue weighted by Crippen LogP contribution is -2.49. The van der Waals surface area contributed by atoms with Crippen LogP contribution in [0.4, 0.5) is 0 Å². The van der Waals surface area contributed by atoms with E-state index < -0.39 is 0 Å². The molecule has 0 aromatic carbocycles. The molecule has 0 bridgehead atoms. The lowest BCUT2D eigenvalue weighted by atomic mass is 9.86. The van der Waals surface area contributed by atoms with E-state index in [1.54, 1.807) is 19.6 Å². The minimum Gasteiger partial charge on any atom is -0.346 e. The highest BCUT2D eigenvalue weighted by Crippen LogP contribution is 2.21. The van der Waals surface area contributed by atoms with Gasteiger partial charge in [0.1, 0.15) is 5.71 Å². The third-order valence-corrected chi connectivity index (χ3v) is 3.77. The fraction of sp³-hybridized carbons (Fsp3) is 0.600. The smallest absolute Gasteiger partial charge is 0.267 e. The summed E-state index contributed by atoms with van der Waals surface area (Å²) in [5.74, 6) is -0.276. The summed E-state index contributed by atoms with van der Waals surface area (Å²) in [5.41, 5.74) is 0.290. The van der Waals surface area contributed by atoms with Crippen molar-refractivity contribution in [3.05, 3.63) is 18.7 Å². The molecule has 0 unspecified atom stereocenters. The van der Waals surface area contributed by atoms with Crippen LogP contribution in [0, 0.1) is 5.41 Å². The Hall–Kier alpha value is -2.18. The highest BCUT2D eigenvalue weighted by molar-refractivity contribution is 6.39. The van der Waals surface area contributed by atoms with Gasteiger partial charge in [0.15, 0.2) is 0 Å². The molecule has 120 valence electrons. The first-order valence-corrected chi connectivity index (χ1v) is 7.38. The number of aromatic nitrogens is 2. The highest BCUT2D eigenvalue weighted by atomic mass is 16.2. The topological polar surface area (TPSA) is 79.6 Å². The van der Waals surface area contributed by atoms with Gasteiger partial charge in [0.05, 0.1) is 12.4 Å². The van der Waals surface area contributed by atoms with Crippen molar-refractivity contribution >= 4 is 17.5 Å². The number of nitrogens with zero attached hydrogens (tertiary/aromatic N) is 4. The molecule has 1 N–H and O–H groups in total. The summed E-state index contributed by atoms with van der Waals surface area (Å²) < 4.78 is 1.94. The lowest BCUT2D eigenvalue weighted by Gasteiger charge is -2.32. The molecule has 0 radical (unpaired) electrons. The van der Waals surface area contributed by atoms with Gasteiger partial charge in [-0.3, -0.25) is 9.59 Å². The SMILES string of the molecule is CN1N=C(C(=O)N[C@@H](Cn2ccnc2)C(C)(C)C)CCC1=O. The van der Waals surface area contributed by atoms with Gasteiger partial charge in [0, 0.05) is 38.8 Å². The predicted molar refractivity (Wildman–Crippen MR) is 83.1 cm³/mol. The van der Waals surface area contributed by atoms with Crippen LogP contribution in [0.2, 0.25) is 0 Å². The van der Waals surface area contributed by atoms with Gasteiger partial charge in [-0.2, -0.15) is 5.10 Å². The van der Waals surface area contributed by atoms with Crippen molar-refractivity contribution in [3.8, 4) is 0 Å². The molecule has 2 rings (SSSR count). The van der Waals surface area contributed by atoms with Crippen LogP contribution in [0.15, 0.2) is 23.8 Å². The number of amides is 2. The Kier molecular flexibility index (Phi) is 4.63. The summed E-state index contributed by atoms with van der Waals surface area (Å²) in [4.78, 5) is 27.9. The van der Waals surface area contributed by atoms with E-state index in [-0.39, 0.29) is 23.3 Å². The van der Waals surface area contributed by atoms with Gasteiger partial charge >= 0.3 is 0 Å². The molecule has 0 fully saturated rings. The van der Waals surface area contributed by atoms with Crippen molar-refractivity contribution in [3.63, 3.8) is 0 Å². The zero-order valence-corrected chi connectivity index (χ0v) is 13.5. The Morgan fingerprint density at radius 1 is 1.41 bits per heavy atom. The first-order valence-electron chi connectivity index (χ1n) is 7.38. The minimum atomic E-state index is -0.209. The van der Waals surface area contributed by atoms with Crippen molar-refractivity contribution in [2.24, 2.45) is 10.5 Å². The van der Waals surface area contributed by atoms with E-state index in [1.807, 2.05) is 10.8 Å². The molecule has 1 atom stereocenters. The molecule has 2 heterocycles. The van der Waals surface area contributed by atoms with E-state index in [0.717, 1.165) is 0 Å². The van der Waals surface area contributed by atoms with E-state index >= 15 is 0 Å². The molecule has 1 aromatic rings. The third-order valence-electron chi connectivity index (χ3n) is 3.77. The summed E-state index contributed by atoms with van der Waals surface area (Å²) in [6, 6.07) is -0.0696. The Morgan fingerprint density at radius 2 is 2.14 bits per heavy atom. The van der Waals surface area contributed by atoms with E-state index in [0.29, 0.717) is 25.1 Å². The molecule has 0 aliphatic carbocycles. The van der Waals surface area contributed by atoms with Crippen LogP contribution in [-0.2, 0) is 16.1 Å². The summed E-state index contributed by atoms with van der Waals surface area (Å²) in [7, 11) is 1.57. The summed E-state index contributed by atoms with van der Waals surface area (Å²) in [5, 5.41) is 8.35.